The first-order valence-electron chi connectivity index (χ1n) is 8.81. The molecule has 0 spiro atoms. The molecule has 0 radical (unpaired) electrons. The highest BCUT2D eigenvalue weighted by Gasteiger charge is 2.22. The van der Waals surface area contributed by atoms with Crippen molar-refractivity contribution in [3.63, 3.8) is 0 Å². The molecular weight excluding hydrogens is 324 g/mol. The second-order valence-electron chi connectivity index (χ2n) is 6.58. The van der Waals surface area contributed by atoms with Crippen molar-refractivity contribution in [2.24, 2.45) is 17.4 Å². The molecule has 0 unspecified atom stereocenters. The first-order chi connectivity index (χ1) is 11.7. The topological polar surface area (TPSA) is 166 Å². The van der Waals surface area contributed by atoms with Crippen molar-refractivity contribution in [2.75, 3.05) is 19.6 Å². The number of hydrogen-bond acceptors (Lipinski definition) is 5. The van der Waals surface area contributed by atoms with E-state index in [1.807, 2.05) is 0 Å². The fraction of sp³-hybridized carbons (Fsp3) is 0.812. The van der Waals surface area contributed by atoms with Gasteiger partial charge in [-0.1, -0.05) is 20.3 Å². The van der Waals surface area contributed by atoms with E-state index in [2.05, 4.69) is 29.8 Å². The third-order valence-corrected chi connectivity index (χ3v) is 3.61. The summed E-state index contributed by atoms with van der Waals surface area (Å²) >= 11 is 0. The maximum atomic E-state index is 12.0. The molecule has 0 heterocycles. The first kappa shape index (κ1) is 23.1. The lowest BCUT2D eigenvalue weighted by molar-refractivity contribution is -0.142. The average molecular weight is 358 g/mol. The Morgan fingerprint density at radius 2 is 1.80 bits per heavy atom. The van der Waals surface area contributed by atoms with Crippen LogP contribution in [0.3, 0.4) is 0 Å². The van der Waals surface area contributed by atoms with E-state index >= 15 is 0 Å². The van der Waals surface area contributed by atoms with Crippen LogP contribution in [0.1, 0.15) is 46.0 Å². The molecule has 0 saturated heterocycles. The van der Waals surface area contributed by atoms with Gasteiger partial charge in [0.05, 0.1) is 6.04 Å². The van der Waals surface area contributed by atoms with Gasteiger partial charge in [-0.15, -0.1) is 0 Å². The van der Waals surface area contributed by atoms with Gasteiger partial charge in [-0.05, 0) is 44.7 Å². The van der Waals surface area contributed by atoms with Crippen LogP contribution in [0.4, 0.5) is 0 Å². The molecule has 0 aliphatic heterocycles. The summed E-state index contributed by atoms with van der Waals surface area (Å²) in [6, 6.07) is -1.69. The number of carboxylic acid groups (broad SMARTS) is 1. The van der Waals surface area contributed by atoms with Crippen LogP contribution >= 0.6 is 0 Å². The van der Waals surface area contributed by atoms with E-state index in [-0.39, 0.29) is 12.4 Å². The molecule has 0 saturated carbocycles. The summed E-state index contributed by atoms with van der Waals surface area (Å²) in [6.07, 6.45) is 2.96. The van der Waals surface area contributed by atoms with Gasteiger partial charge in [0.15, 0.2) is 5.96 Å². The number of rotatable bonds is 14. The van der Waals surface area contributed by atoms with Gasteiger partial charge >= 0.3 is 5.97 Å². The largest absolute Gasteiger partial charge is 0.480 e. The van der Waals surface area contributed by atoms with E-state index in [1.54, 1.807) is 0 Å². The minimum atomic E-state index is -1.10. The molecule has 0 aromatic heterocycles. The summed E-state index contributed by atoms with van der Waals surface area (Å²) in [5, 5.41) is 24.6. The van der Waals surface area contributed by atoms with Gasteiger partial charge < -0.3 is 32.5 Å². The monoisotopic (exact) mass is 358 g/mol. The van der Waals surface area contributed by atoms with Gasteiger partial charge in [-0.3, -0.25) is 10.2 Å². The lowest BCUT2D eigenvalue weighted by Gasteiger charge is -2.18. The zero-order valence-corrected chi connectivity index (χ0v) is 15.3. The van der Waals surface area contributed by atoms with Crippen LogP contribution in [0.5, 0.6) is 0 Å². The number of carbonyl (C=O) groups excluding carboxylic acids is 1. The number of carboxylic acids is 1. The molecule has 146 valence electrons. The van der Waals surface area contributed by atoms with E-state index in [0.29, 0.717) is 25.3 Å². The van der Waals surface area contributed by atoms with Gasteiger partial charge in [0.25, 0.3) is 0 Å². The van der Waals surface area contributed by atoms with Crippen LogP contribution < -0.4 is 27.4 Å². The Labute approximate surface area is 149 Å². The number of aliphatic carboxylic acids is 1. The van der Waals surface area contributed by atoms with E-state index in [0.717, 1.165) is 25.9 Å². The Balaban J connectivity index is 4.02. The van der Waals surface area contributed by atoms with E-state index in [9.17, 15) is 14.7 Å². The molecule has 0 bridgehead atoms. The van der Waals surface area contributed by atoms with Crippen molar-refractivity contribution in [1.82, 2.24) is 16.0 Å². The van der Waals surface area contributed by atoms with Crippen molar-refractivity contribution in [1.29, 1.82) is 5.41 Å². The summed E-state index contributed by atoms with van der Waals surface area (Å²) in [7, 11) is 0. The molecule has 0 aliphatic carbocycles. The molecule has 0 fully saturated rings. The summed E-state index contributed by atoms with van der Waals surface area (Å²) in [5.74, 6) is -1.10. The Kier molecular flexibility index (Phi) is 12.4. The quantitative estimate of drug-likeness (QED) is 0.125. The minimum absolute atomic E-state index is 0.166. The maximum Gasteiger partial charge on any atom is 0.326 e. The molecule has 9 N–H and O–H groups in total. The minimum Gasteiger partial charge on any atom is -0.480 e. The van der Waals surface area contributed by atoms with Crippen molar-refractivity contribution in [2.45, 2.75) is 58.0 Å². The number of unbranched alkanes of at least 4 members (excludes halogenated alkanes) is 1. The van der Waals surface area contributed by atoms with E-state index in [4.69, 9.17) is 16.9 Å². The standard InChI is InChI=1S/C16H34N6O3/c1-11(2)10-20-8-4-3-6-12(17)14(23)22-13(15(24)25)7-5-9-21-16(18)19/h11-13,20H,3-10,17H2,1-2H3,(H,22,23)(H,24,25)(H4,18,19,21)/t12-,13-/m0/s1. The molecule has 9 nitrogen and oxygen atoms in total. The predicted octanol–water partition coefficient (Wildman–Crippen LogP) is -0.438. The zero-order chi connectivity index (χ0) is 19.2. The van der Waals surface area contributed by atoms with Crippen LogP contribution in [-0.4, -0.2) is 54.7 Å². The number of amides is 1. The molecule has 0 aliphatic rings. The third kappa shape index (κ3) is 13.1. The SMILES string of the molecule is CC(C)CNCCCC[C@H](N)C(=O)N[C@@H](CCCNC(=N)N)C(=O)O. The van der Waals surface area contributed by atoms with E-state index < -0.39 is 24.0 Å². The van der Waals surface area contributed by atoms with Gasteiger partial charge in [0.2, 0.25) is 5.91 Å². The summed E-state index contributed by atoms with van der Waals surface area (Å²) in [6.45, 7) is 6.51. The van der Waals surface area contributed by atoms with Crippen LogP contribution in [0.25, 0.3) is 0 Å². The van der Waals surface area contributed by atoms with Crippen LogP contribution in [0.15, 0.2) is 0 Å². The number of hydrogen-bond donors (Lipinski definition) is 7. The van der Waals surface area contributed by atoms with E-state index in [1.165, 1.54) is 0 Å². The second kappa shape index (κ2) is 13.4. The third-order valence-electron chi connectivity index (χ3n) is 3.61. The Morgan fingerprint density at radius 3 is 2.36 bits per heavy atom. The molecule has 1 amide bonds. The molecular formula is C16H34N6O3. The van der Waals surface area contributed by atoms with Crippen molar-refractivity contribution in [3.05, 3.63) is 0 Å². The Morgan fingerprint density at radius 1 is 1.12 bits per heavy atom. The Hall–Kier alpha value is -1.87. The van der Waals surface area contributed by atoms with Gasteiger partial charge in [-0.2, -0.15) is 0 Å². The Bertz CT molecular complexity index is 417. The summed E-state index contributed by atoms with van der Waals surface area (Å²) in [4.78, 5) is 23.2. The number of nitrogens with two attached hydrogens (primary N) is 2. The van der Waals surface area contributed by atoms with Crippen molar-refractivity contribution >= 4 is 17.8 Å². The molecule has 0 aromatic carbocycles. The van der Waals surface area contributed by atoms with Crippen molar-refractivity contribution < 1.29 is 14.7 Å². The van der Waals surface area contributed by atoms with Crippen molar-refractivity contribution in [3.8, 4) is 0 Å². The van der Waals surface area contributed by atoms with Gasteiger partial charge in [0.1, 0.15) is 6.04 Å². The van der Waals surface area contributed by atoms with Gasteiger partial charge in [0, 0.05) is 6.54 Å². The molecule has 0 aromatic rings. The molecule has 9 heteroatoms. The number of carbonyl (C=O) groups is 2. The molecule has 0 rings (SSSR count). The smallest absolute Gasteiger partial charge is 0.326 e. The fourth-order valence-electron chi connectivity index (χ4n) is 2.20. The highest BCUT2D eigenvalue weighted by atomic mass is 16.4. The fourth-order valence-corrected chi connectivity index (χ4v) is 2.20. The normalized spacial score (nSPS) is 13.3. The highest BCUT2D eigenvalue weighted by Crippen LogP contribution is 2.02. The lowest BCUT2D eigenvalue weighted by atomic mass is 10.1. The first-order valence-corrected chi connectivity index (χ1v) is 8.81. The summed E-state index contributed by atoms with van der Waals surface area (Å²) < 4.78 is 0. The van der Waals surface area contributed by atoms with Crippen LogP contribution in [0, 0.1) is 11.3 Å². The maximum absolute atomic E-state index is 12.0. The zero-order valence-electron chi connectivity index (χ0n) is 15.3. The van der Waals surface area contributed by atoms with Gasteiger partial charge in [-0.25, -0.2) is 4.79 Å². The van der Waals surface area contributed by atoms with Crippen LogP contribution in [0.2, 0.25) is 0 Å². The van der Waals surface area contributed by atoms with Crippen LogP contribution in [-0.2, 0) is 9.59 Å². The number of guanidine groups is 1. The second-order valence-corrected chi connectivity index (χ2v) is 6.58. The molecule has 2 atom stereocenters. The summed E-state index contributed by atoms with van der Waals surface area (Å²) in [5.41, 5.74) is 11.0. The number of nitrogens with one attached hydrogen (secondary N) is 4. The lowest BCUT2D eigenvalue weighted by Crippen LogP contribution is -2.48. The molecule has 25 heavy (non-hydrogen) atoms. The highest BCUT2D eigenvalue weighted by molar-refractivity contribution is 5.86. The predicted molar refractivity (Wildman–Crippen MR) is 98.3 cm³/mol. The average Bonchev–Trinajstić information content (AvgIpc) is 2.52.